The number of carbonyl (C=O) groups is 1. The van der Waals surface area contributed by atoms with Crippen LogP contribution in [0.5, 0.6) is 0 Å². The van der Waals surface area contributed by atoms with Gasteiger partial charge in [-0.15, -0.1) is 0 Å². The molecule has 140 valence electrons. The number of hydrogen-bond donors (Lipinski definition) is 2. The van der Waals surface area contributed by atoms with Gasteiger partial charge in [0.1, 0.15) is 11.5 Å². The third-order valence-corrected chi connectivity index (χ3v) is 5.49. The van der Waals surface area contributed by atoms with Gasteiger partial charge in [-0.1, -0.05) is 30.3 Å². The summed E-state index contributed by atoms with van der Waals surface area (Å²) in [4.78, 5) is 38.1. The van der Waals surface area contributed by atoms with Gasteiger partial charge in [-0.3, -0.25) is 9.59 Å². The second-order valence-corrected chi connectivity index (χ2v) is 7.33. The van der Waals surface area contributed by atoms with E-state index in [-0.39, 0.29) is 17.4 Å². The molecule has 1 atom stereocenters. The van der Waals surface area contributed by atoms with Crippen LogP contribution in [0, 0.1) is 0 Å². The lowest BCUT2D eigenvalue weighted by Gasteiger charge is -2.31. The molecule has 0 saturated carbocycles. The Balaban J connectivity index is 1.43. The van der Waals surface area contributed by atoms with Gasteiger partial charge in [0.05, 0.1) is 11.0 Å². The summed E-state index contributed by atoms with van der Waals surface area (Å²) in [6.07, 6.45) is 1.89. The molecule has 5 rings (SSSR count). The van der Waals surface area contributed by atoms with Crippen molar-refractivity contribution in [2.75, 3.05) is 13.1 Å². The largest absolute Gasteiger partial charge is 0.342 e. The van der Waals surface area contributed by atoms with Gasteiger partial charge in [0.15, 0.2) is 0 Å². The van der Waals surface area contributed by atoms with Crippen LogP contribution in [0.1, 0.15) is 35.1 Å². The lowest BCUT2D eigenvalue weighted by Crippen LogP contribution is -2.40. The van der Waals surface area contributed by atoms with E-state index in [1.807, 2.05) is 47.4 Å². The maximum Gasteiger partial charge on any atom is 0.270 e. The van der Waals surface area contributed by atoms with Crippen LogP contribution in [0.4, 0.5) is 0 Å². The number of likely N-dealkylation sites (tertiary alicyclic amines) is 1. The highest BCUT2D eigenvalue weighted by Gasteiger charge is 2.28. The number of hydrogen-bond acceptors (Lipinski definition) is 3. The van der Waals surface area contributed by atoms with Gasteiger partial charge >= 0.3 is 0 Å². The highest BCUT2D eigenvalue weighted by atomic mass is 16.2. The molecule has 0 spiro atoms. The monoisotopic (exact) mass is 372 g/mol. The van der Waals surface area contributed by atoms with Crippen molar-refractivity contribution >= 4 is 27.7 Å². The standard InChI is InChI=1S/C22H20N4O2/c27-21-16-8-2-1-6-14(16)12-19(25-21)22(28)26-11-5-7-15(13-26)20-23-17-9-3-4-10-18(17)24-20/h1-4,6,8-10,12,15H,5,7,11,13H2,(H,23,24)(H,25,27)/t15-/m1/s1. The van der Waals surface area contributed by atoms with E-state index in [2.05, 4.69) is 9.97 Å². The second-order valence-electron chi connectivity index (χ2n) is 7.33. The minimum absolute atomic E-state index is 0.135. The summed E-state index contributed by atoms with van der Waals surface area (Å²) in [7, 11) is 0. The molecule has 1 aliphatic heterocycles. The number of aromatic amines is 2. The highest BCUT2D eigenvalue weighted by Crippen LogP contribution is 2.27. The zero-order valence-corrected chi connectivity index (χ0v) is 15.3. The van der Waals surface area contributed by atoms with Crippen LogP contribution in [0.15, 0.2) is 59.4 Å². The molecule has 6 nitrogen and oxygen atoms in total. The van der Waals surface area contributed by atoms with Crippen molar-refractivity contribution in [3.05, 3.63) is 76.5 Å². The number of rotatable bonds is 2. The minimum Gasteiger partial charge on any atom is -0.342 e. The van der Waals surface area contributed by atoms with E-state index < -0.39 is 0 Å². The number of fused-ring (bicyclic) bond motifs is 2. The molecule has 2 aromatic heterocycles. The van der Waals surface area contributed by atoms with Crippen LogP contribution in [-0.2, 0) is 0 Å². The van der Waals surface area contributed by atoms with Crippen LogP contribution in [-0.4, -0.2) is 38.8 Å². The van der Waals surface area contributed by atoms with Gasteiger partial charge < -0.3 is 14.9 Å². The first-order valence-electron chi connectivity index (χ1n) is 9.55. The number of pyridine rings is 1. The topological polar surface area (TPSA) is 81.8 Å². The summed E-state index contributed by atoms with van der Waals surface area (Å²) in [6, 6.07) is 17.0. The summed E-state index contributed by atoms with van der Waals surface area (Å²) in [5.41, 5.74) is 2.07. The van der Waals surface area contributed by atoms with Gasteiger partial charge in [-0.2, -0.15) is 0 Å². The van der Waals surface area contributed by atoms with Crippen LogP contribution in [0.2, 0.25) is 0 Å². The molecule has 3 heterocycles. The van der Waals surface area contributed by atoms with E-state index in [1.54, 1.807) is 12.1 Å². The van der Waals surface area contributed by atoms with Crippen LogP contribution in [0.25, 0.3) is 21.8 Å². The molecule has 2 N–H and O–H groups in total. The normalized spacial score (nSPS) is 17.3. The number of nitrogens with zero attached hydrogens (tertiary/aromatic N) is 2. The number of H-pyrrole nitrogens is 2. The Labute approximate surface area is 161 Å². The van der Waals surface area contributed by atoms with E-state index in [0.717, 1.165) is 35.1 Å². The first kappa shape index (κ1) is 16.7. The summed E-state index contributed by atoms with van der Waals surface area (Å²) >= 11 is 0. The Morgan fingerprint density at radius 2 is 1.89 bits per heavy atom. The molecule has 0 aliphatic carbocycles. The molecule has 0 radical (unpaired) electrons. The number of amides is 1. The minimum atomic E-state index is -0.229. The van der Waals surface area contributed by atoms with Gasteiger partial charge in [-0.05, 0) is 42.5 Å². The maximum absolute atomic E-state index is 13.1. The van der Waals surface area contributed by atoms with Gasteiger partial charge in [0.25, 0.3) is 11.5 Å². The Kier molecular flexibility index (Phi) is 3.97. The van der Waals surface area contributed by atoms with Gasteiger partial charge in [-0.25, -0.2) is 4.98 Å². The van der Waals surface area contributed by atoms with Gasteiger partial charge in [0, 0.05) is 24.4 Å². The predicted octanol–water partition coefficient (Wildman–Crippen LogP) is 3.42. The van der Waals surface area contributed by atoms with Crippen molar-refractivity contribution in [1.82, 2.24) is 19.9 Å². The first-order valence-corrected chi connectivity index (χ1v) is 9.55. The van der Waals surface area contributed by atoms with Crippen molar-refractivity contribution in [1.29, 1.82) is 0 Å². The fourth-order valence-electron chi connectivity index (χ4n) is 4.05. The molecule has 0 unspecified atom stereocenters. The van der Waals surface area contributed by atoms with Gasteiger partial charge in [0.2, 0.25) is 0 Å². The average Bonchev–Trinajstić information content (AvgIpc) is 3.18. The summed E-state index contributed by atoms with van der Waals surface area (Å²) in [5, 5.41) is 1.37. The Morgan fingerprint density at radius 1 is 1.07 bits per heavy atom. The maximum atomic E-state index is 13.1. The van der Waals surface area contributed by atoms with Crippen molar-refractivity contribution < 1.29 is 4.79 Å². The zero-order valence-electron chi connectivity index (χ0n) is 15.3. The third-order valence-electron chi connectivity index (χ3n) is 5.49. The fourth-order valence-corrected chi connectivity index (χ4v) is 4.05. The van der Waals surface area contributed by atoms with Crippen molar-refractivity contribution in [2.24, 2.45) is 0 Å². The zero-order chi connectivity index (χ0) is 19.1. The lowest BCUT2D eigenvalue weighted by molar-refractivity contribution is 0.0699. The summed E-state index contributed by atoms with van der Waals surface area (Å²) < 4.78 is 0. The molecule has 4 aromatic rings. The smallest absolute Gasteiger partial charge is 0.270 e. The quantitative estimate of drug-likeness (QED) is 0.566. The Bertz CT molecular complexity index is 1210. The summed E-state index contributed by atoms with van der Waals surface area (Å²) in [5.74, 6) is 0.951. The molecule has 0 bridgehead atoms. The summed E-state index contributed by atoms with van der Waals surface area (Å²) in [6.45, 7) is 1.28. The molecule has 1 fully saturated rings. The molecule has 1 amide bonds. The molecular formula is C22H20N4O2. The van der Waals surface area contributed by atoms with E-state index in [1.165, 1.54) is 0 Å². The molecule has 28 heavy (non-hydrogen) atoms. The Morgan fingerprint density at radius 3 is 2.79 bits per heavy atom. The number of para-hydroxylation sites is 2. The lowest BCUT2D eigenvalue weighted by atomic mass is 9.97. The van der Waals surface area contributed by atoms with Crippen molar-refractivity contribution in [3.8, 4) is 0 Å². The van der Waals surface area contributed by atoms with E-state index >= 15 is 0 Å². The SMILES string of the molecule is O=C(c1cc2ccccc2c(=O)[nH]1)N1CCC[C@@H](c2nc3ccccc3[nH]2)C1. The average molecular weight is 372 g/mol. The number of aromatic nitrogens is 3. The second kappa shape index (κ2) is 6.64. The Hall–Kier alpha value is -3.41. The number of imidazole rings is 1. The molecular weight excluding hydrogens is 352 g/mol. The fraction of sp³-hybridized carbons (Fsp3) is 0.227. The molecule has 6 heteroatoms. The van der Waals surface area contributed by atoms with Crippen LogP contribution in [0.3, 0.4) is 0 Å². The van der Waals surface area contributed by atoms with Crippen molar-refractivity contribution in [2.45, 2.75) is 18.8 Å². The van der Waals surface area contributed by atoms with Crippen molar-refractivity contribution in [3.63, 3.8) is 0 Å². The van der Waals surface area contributed by atoms with E-state index in [9.17, 15) is 9.59 Å². The number of carbonyl (C=O) groups excluding carboxylic acids is 1. The number of piperidine rings is 1. The highest BCUT2D eigenvalue weighted by molar-refractivity contribution is 5.96. The number of nitrogens with one attached hydrogen (secondary N) is 2. The van der Waals surface area contributed by atoms with E-state index in [0.29, 0.717) is 24.2 Å². The predicted molar refractivity (Wildman–Crippen MR) is 109 cm³/mol. The molecule has 2 aromatic carbocycles. The first-order chi connectivity index (χ1) is 13.7. The number of benzene rings is 2. The van der Waals surface area contributed by atoms with Crippen LogP contribution >= 0.6 is 0 Å². The van der Waals surface area contributed by atoms with E-state index in [4.69, 9.17) is 4.98 Å². The molecule has 1 aliphatic rings. The third kappa shape index (κ3) is 2.87. The van der Waals surface area contributed by atoms with Crippen LogP contribution < -0.4 is 5.56 Å². The molecule has 1 saturated heterocycles.